The average molecular weight is 472 g/mol. The van der Waals surface area contributed by atoms with Crippen molar-refractivity contribution in [2.45, 2.75) is 0 Å². The molecule has 2 aromatic carbocycles. The minimum absolute atomic E-state index is 0.281. The van der Waals surface area contributed by atoms with E-state index in [-0.39, 0.29) is 5.75 Å². The molecule has 7 nitrogen and oxygen atoms in total. The van der Waals surface area contributed by atoms with Crippen molar-refractivity contribution in [3.63, 3.8) is 0 Å². The Labute approximate surface area is 178 Å². The van der Waals surface area contributed by atoms with Crippen molar-refractivity contribution in [3.05, 3.63) is 81.0 Å². The molecule has 0 aliphatic rings. The molecular weight excluding hydrogens is 458 g/mol. The third kappa shape index (κ3) is 5.84. The first-order chi connectivity index (χ1) is 14.0. The van der Waals surface area contributed by atoms with Crippen LogP contribution in [0.15, 0.2) is 75.6 Å². The molecule has 9 heteroatoms. The van der Waals surface area contributed by atoms with Crippen LogP contribution in [-0.4, -0.2) is 24.0 Å². The summed E-state index contributed by atoms with van der Waals surface area (Å²) in [5.41, 5.74) is 3.08. The highest BCUT2D eigenvalue weighted by Gasteiger charge is 2.14. The van der Waals surface area contributed by atoms with Crippen LogP contribution < -0.4 is 15.5 Å². The van der Waals surface area contributed by atoms with E-state index in [4.69, 9.17) is 4.74 Å². The van der Waals surface area contributed by atoms with Crippen LogP contribution in [0.1, 0.15) is 15.2 Å². The molecule has 2 amide bonds. The second-order valence-electron chi connectivity index (χ2n) is 5.56. The average Bonchev–Trinajstić information content (AvgIpc) is 3.26. The number of ether oxygens (including phenoxy) is 1. The molecule has 0 unspecified atom stereocenters. The van der Waals surface area contributed by atoms with Gasteiger partial charge in [0.05, 0.1) is 6.21 Å². The number of thiophene rings is 1. The van der Waals surface area contributed by atoms with E-state index in [9.17, 15) is 14.4 Å². The topological polar surface area (TPSA) is 96.9 Å². The molecular formula is C20H14BrN3O4S. The summed E-state index contributed by atoms with van der Waals surface area (Å²) in [6.45, 7) is 0. The highest BCUT2D eigenvalue weighted by molar-refractivity contribution is 9.10. The number of carbonyl (C=O) groups is 3. The first kappa shape index (κ1) is 20.4. The molecule has 3 rings (SSSR count). The molecule has 3 aromatic rings. The predicted octanol–water partition coefficient (Wildman–Crippen LogP) is 3.82. The van der Waals surface area contributed by atoms with Gasteiger partial charge in [-0.05, 0) is 47.8 Å². The summed E-state index contributed by atoms with van der Waals surface area (Å²) in [6, 6.07) is 16.9. The summed E-state index contributed by atoms with van der Waals surface area (Å²) in [6.07, 6.45) is 1.29. The first-order valence-electron chi connectivity index (χ1n) is 8.27. The Morgan fingerprint density at radius 2 is 1.72 bits per heavy atom. The van der Waals surface area contributed by atoms with E-state index in [1.165, 1.54) is 17.6 Å². The highest BCUT2D eigenvalue weighted by atomic mass is 79.9. The van der Waals surface area contributed by atoms with Crippen molar-refractivity contribution in [1.29, 1.82) is 0 Å². The van der Waals surface area contributed by atoms with Gasteiger partial charge in [0, 0.05) is 15.7 Å². The van der Waals surface area contributed by atoms with Gasteiger partial charge >= 0.3 is 17.8 Å². The van der Waals surface area contributed by atoms with Crippen molar-refractivity contribution in [1.82, 2.24) is 5.43 Å². The summed E-state index contributed by atoms with van der Waals surface area (Å²) >= 11 is 4.56. The summed E-state index contributed by atoms with van der Waals surface area (Å²) < 4.78 is 6.22. The van der Waals surface area contributed by atoms with Gasteiger partial charge in [0.2, 0.25) is 0 Å². The second kappa shape index (κ2) is 9.76. The Bertz CT molecular complexity index is 1050. The number of hydrogen-bond acceptors (Lipinski definition) is 6. The van der Waals surface area contributed by atoms with Crippen LogP contribution in [0.4, 0.5) is 5.69 Å². The third-order valence-electron chi connectivity index (χ3n) is 3.52. The van der Waals surface area contributed by atoms with Crippen LogP contribution in [0.5, 0.6) is 5.75 Å². The molecule has 146 valence electrons. The smallest absolute Gasteiger partial charge is 0.353 e. The lowest BCUT2D eigenvalue weighted by molar-refractivity contribution is -0.136. The number of hydrogen-bond donors (Lipinski definition) is 2. The fourth-order valence-electron chi connectivity index (χ4n) is 2.16. The Balaban J connectivity index is 1.59. The molecule has 0 saturated heterocycles. The number of amides is 2. The van der Waals surface area contributed by atoms with Gasteiger partial charge in [-0.3, -0.25) is 9.59 Å². The SMILES string of the molecule is O=C(N/N=C/c1ccccc1OC(=O)c1cccs1)C(=O)Nc1ccc(Br)cc1. The van der Waals surface area contributed by atoms with Gasteiger partial charge in [0.15, 0.2) is 0 Å². The van der Waals surface area contributed by atoms with Crippen LogP contribution >= 0.6 is 27.3 Å². The minimum Gasteiger partial charge on any atom is -0.422 e. The van der Waals surface area contributed by atoms with Gasteiger partial charge in [-0.25, -0.2) is 10.2 Å². The largest absolute Gasteiger partial charge is 0.422 e. The molecule has 0 spiro atoms. The zero-order chi connectivity index (χ0) is 20.6. The maximum atomic E-state index is 12.1. The zero-order valence-corrected chi connectivity index (χ0v) is 17.2. The number of carbonyl (C=O) groups excluding carboxylic acids is 3. The van der Waals surface area contributed by atoms with Gasteiger partial charge in [0.25, 0.3) is 0 Å². The fraction of sp³-hybridized carbons (Fsp3) is 0. The molecule has 0 bridgehead atoms. The molecule has 0 fully saturated rings. The summed E-state index contributed by atoms with van der Waals surface area (Å²) in [5, 5.41) is 8.00. The molecule has 0 aliphatic carbocycles. The number of esters is 1. The van der Waals surface area contributed by atoms with Gasteiger partial charge in [-0.1, -0.05) is 34.1 Å². The summed E-state index contributed by atoms with van der Waals surface area (Å²) in [4.78, 5) is 36.4. The van der Waals surface area contributed by atoms with Gasteiger partial charge in [0.1, 0.15) is 10.6 Å². The van der Waals surface area contributed by atoms with Crippen LogP contribution in [0.2, 0.25) is 0 Å². The van der Waals surface area contributed by atoms with Gasteiger partial charge in [-0.15, -0.1) is 11.3 Å². The molecule has 0 radical (unpaired) electrons. The number of para-hydroxylation sites is 1. The van der Waals surface area contributed by atoms with E-state index in [2.05, 4.69) is 31.8 Å². The highest BCUT2D eigenvalue weighted by Crippen LogP contribution is 2.19. The number of benzene rings is 2. The van der Waals surface area contributed by atoms with Crippen molar-refractivity contribution in [2.75, 3.05) is 5.32 Å². The van der Waals surface area contributed by atoms with Crippen LogP contribution in [0.3, 0.4) is 0 Å². The van der Waals surface area contributed by atoms with Crippen LogP contribution in [-0.2, 0) is 9.59 Å². The Morgan fingerprint density at radius 3 is 2.45 bits per heavy atom. The normalized spacial score (nSPS) is 10.5. The Kier molecular flexibility index (Phi) is 6.88. The van der Waals surface area contributed by atoms with E-state index >= 15 is 0 Å². The molecule has 0 atom stereocenters. The predicted molar refractivity (Wildman–Crippen MR) is 114 cm³/mol. The number of nitrogens with one attached hydrogen (secondary N) is 2. The zero-order valence-electron chi connectivity index (χ0n) is 14.8. The quantitative estimate of drug-likeness (QED) is 0.194. The monoisotopic (exact) mass is 471 g/mol. The number of nitrogens with zero attached hydrogens (tertiary/aromatic N) is 1. The molecule has 0 aliphatic heterocycles. The van der Waals surface area contributed by atoms with E-state index in [1.807, 2.05) is 0 Å². The molecule has 0 saturated carbocycles. The minimum atomic E-state index is -0.933. The Hall–Kier alpha value is -3.30. The van der Waals surface area contributed by atoms with Gasteiger partial charge in [-0.2, -0.15) is 5.10 Å². The molecule has 1 aromatic heterocycles. The van der Waals surface area contributed by atoms with E-state index < -0.39 is 17.8 Å². The van der Waals surface area contributed by atoms with Gasteiger partial charge < -0.3 is 10.1 Å². The van der Waals surface area contributed by atoms with Crippen molar-refractivity contribution in [3.8, 4) is 5.75 Å². The maximum Gasteiger partial charge on any atom is 0.353 e. The van der Waals surface area contributed by atoms with E-state index in [1.54, 1.807) is 66.0 Å². The lowest BCUT2D eigenvalue weighted by atomic mass is 10.2. The third-order valence-corrected chi connectivity index (χ3v) is 4.90. The number of rotatable bonds is 5. The van der Waals surface area contributed by atoms with Crippen LogP contribution in [0, 0.1) is 0 Å². The molecule has 1 heterocycles. The molecule has 29 heavy (non-hydrogen) atoms. The van der Waals surface area contributed by atoms with Crippen molar-refractivity contribution >= 4 is 57.0 Å². The lowest BCUT2D eigenvalue weighted by Crippen LogP contribution is -2.32. The summed E-state index contributed by atoms with van der Waals surface area (Å²) in [7, 11) is 0. The number of halogens is 1. The van der Waals surface area contributed by atoms with E-state index in [0.29, 0.717) is 16.1 Å². The number of anilines is 1. The maximum absolute atomic E-state index is 12.1. The second-order valence-corrected chi connectivity index (χ2v) is 7.43. The van der Waals surface area contributed by atoms with E-state index in [0.717, 1.165) is 4.47 Å². The Morgan fingerprint density at radius 1 is 0.966 bits per heavy atom. The summed E-state index contributed by atoms with van der Waals surface area (Å²) in [5.74, 6) is -2.00. The van der Waals surface area contributed by atoms with Crippen molar-refractivity contribution < 1.29 is 19.1 Å². The standard InChI is InChI=1S/C20H14BrN3O4S/c21-14-7-9-15(10-8-14)23-18(25)19(26)24-22-12-13-4-1-2-5-16(13)28-20(27)17-6-3-11-29-17/h1-12H,(H,23,25)(H,24,26)/b22-12+. The first-order valence-corrected chi connectivity index (χ1v) is 9.95. The molecule has 2 N–H and O–H groups in total. The van der Waals surface area contributed by atoms with Crippen molar-refractivity contribution in [2.24, 2.45) is 5.10 Å². The lowest BCUT2D eigenvalue weighted by Gasteiger charge is -2.06. The van der Waals surface area contributed by atoms with Crippen LogP contribution in [0.25, 0.3) is 0 Å². The number of hydrazone groups is 1. The fourth-order valence-corrected chi connectivity index (χ4v) is 3.02.